The normalized spacial score (nSPS) is 15.2. The highest BCUT2D eigenvalue weighted by Gasteiger charge is 2.35. The van der Waals surface area contributed by atoms with Gasteiger partial charge in [0.05, 0.1) is 31.8 Å². The predicted octanol–water partition coefficient (Wildman–Crippen LogP) is 1.37. The smallest absolute Gasteiger partial charge is 0.337 e. The fraction of sp³-hybridized carbons (Fsp3) is 0.261. The lowest BCUT2D eigenvalue weighted by Crippen LogP contribution is -2.58. The van der Waals surface area contributed by atoms with Crippen LogP contribution in [0.3, 0.4) is 0 Å². The molecule has 1 saturated heterocycles. The van der Waals surface area contributed by atoms with Gasteiger partial charge < -0.3 is 25.0 Å². The average molecular weight is 471 g/mol. The first-order chi connectivity index (χ1) is 16.2. The second-order valence-corrected chi connectivity index (χ2v) is 7.35. The fourth-order valence-electron chi connectivity index (χ4n) is 3.48. The van der Waals surface area contributed by atoms with Crippen LogP contribution < -0.4 is 10.6 Å². The van der Waals surface area contributed by atoms with Crippen molar-refractivity contribution >= 4 is 35.3 Å². The summed E-state index contributed by atoms with van der Waals surface area (Å²) in [7, 11) is 2.33. The Labute approximate surface area is 194 Å². The molecule has 0 unspecified atom stereocenters. The molecule has 2 aromatic rings. The van der Waals surface area contributed by atoms with Crippen LogP contribution in [0.15, 0.2) is 42.5 Å². The number of carbonyl (C=O) groups excluding carboxylic acids is 5. The van der Waals surface area contributed by atoms with Gasteiger partial charge >= 0.3 is 11.9 Å². The number of amides is 3. The number of anilines is 1. The Balaban J connectivity index is 1.80. The van der Waals surface area contributed by atoms with Gasteiger partial charge in [-0.3, -0.25) is 14.4 Å². The molecule has 10 nitrogen and oxygen atoms in total. The number of methoxy groups -OCH3 is 2. The van der Waals surface area contributed by atoms with Gasteiger partial charge in [0.15, 0.2) is 0 Å². The molecule has 1 atom stereocenters. The molecule has 3 amide bonds. The minimum atomic E-state index is -1.12. The minimum absolute atomic E-state index is 0.00391. The van der Waals surface area contributed by atoms with Gasteiger partial charge in [0, 0.05) is 24.3 Å². The molecular weight excluding hydrogens is 449 g/mol. The molecule has 0 aromatic heterocycles. The molecule has 34 heavy (non-hydrogen) atoms. The number of halogens is 1. The van der Waals surface area contributed by atoms with E-state index >= 15 is 0 Å². The van der Waals surface area contributed by atoms with Gasteiger partial charge in [0.25, 0.3) is 5.91 Å². The van der Waals surface area contributed by atoms with Gasteiger partial charge in [0.1, 0.15) is 11.9 Å². The first-order valence-corrected chi connectivity index (χ1v) is 10.2. The highest BCUT2D eigenvalue weighted by atomic mass is 19.1. The lowest BCUT2D eigenvalue weighted by atomic mass is 10.1. The lowest BCUT2D eigenvalue weighted by molar-refractivity contribution is -0.131. The Kier molecular flexibility index (Phi) is 7.57. The molecule has 2 aromatic carbocycles. The van der Waals surface area contributed by atoms with E-state index in [-0.39, 0.29) is 35.5 Å². The van der Waals surface area contributed by atoms with Crippen molar-refractivity contribution in [3.8, 4) is 0 Å². The molecule has 1 fully saturated rings. The maximum Gasteiger partial charge on any atom is 0.337 e. The fourth-order valence-corrected chi connectivity index (χ4v) is 3.48. The number of esters is 2. The van der Waals surface area contributed by atoms with Crippen LogP contribution in [-0.4, -0.2) is 67.9 Å². The van der Waals surface area contributed by atoms with E-state index in [2.05, 4.69) is 20.1 Å². The largest absolute Gasteiger partial charge is 0.465 e. The number of ether oxygens (including phenoxy) is 2. The predicted molar refractivity (Wildman–Crippen MR) is 117 cm³/mol. The van der Waals surface area contributed by atoms with E-state index in [0.717, 1.165) is 12.1 Å². The zero-order chi connectivity index (χ0) is 24.8. The van der Waals surface area contributed by atoms with Crippen molar-refractivity contribution in [2.24, 2.45) is 0 Å². The summed E-state index contributed by atoms with van der Waals surface area (Å²) in [4.78, 5) is 63.3. The highest BCUT2D eigenvalue weighted by Crippen LogP contribution is 2.19. The Morgan fingerprint density at radius 1 is 1.00 bits per heavy atom. The number of rotatable bonds is 6. The van der Waals surface area contributed by atoms with Crippen molar-refractivity contribution in [2.75, 3.05) is 32.6 Å². The zero-order valence-electron chi connectivity index (χ0n) is 18.4. The maximum atomic E-state index is 13.2. The molecule has 11 heteroatoms. The second-order valence-electron chi connectivity index (χ2n) is 7.35. The number of hydrogen-bond acceptors (Lipinski definition) is 7. The monoisotopic (exact) mass is 471 g/mol. The van der Waals surface area contributed by atoms with Crippen LogP contribution in [0.2, 0.25) is 0 Å². The van der Waals surface area contributed by atoms with E-state index in [1.54, 1.807) is 0 Å². The Morgan fingerprint density at radius 3 is 2.15 bits per heavy atom. The molecule has 0 aliphatic carbocycles. The van der Waals surface area contributed by atoms with Crippen molar-refractivity contribution in [3.63, 3.8) is 0 Å². The SMILES string of the molecule is COC(=O)c1cc(NC(=O)C[C@H]2C(=O)NCCN2C(=O)c2ccc(F)cc2)cc(C(=O)OC)c1. The van der Waals surface area contributed by atoms with E-state index in [9.17, 15) is 28.4 Å². The lowest BCUT2D eigenvalue weighted by Gasteiger charge is -2.34. The van der Waals surface area contributed by atoms with Crippen LogP contribution >= 0.6 is 0 Å². The summed E-state index contributed by atoms with van der Waals surface area (Å²) in [6.45, 7) is 0.359. The summed E-state index contributed by atoms with van der Waals surface area (Å²) in [5.74, 6) is -3.65. The Morgan fingerprint density at radius 2 is 1.59 bits per heavy atom. The third-order valence-electron chi connectivity index (χ3n) is 5.12. The van der Waals surface area contributed by atoms with Crippen molar-refractivity contribution < 1.29 is 37.8 Å². The van der Waals surface area contributed by atoms with Crippen molar-refractivity contribution in [2.45, 2.75) is 12.5 Å². The van der Waals surface area contributed by atoms with E-state index in [0.29, 0.717) is 0 Å². The van der Waals surface area contributed by atoms with Gasteiger partial charge in [0.2, 0.25) is 11.8 Å². The quantitative estimate of drug-likeness (QED) is 0.609. The summed E-state index contributed by atoms with van der Waals surface area (Å²) < 4.78 is 22.5. The maximum absolute atomic E-state index is 13.2. The average Bonchev–Trinajstić information content (AvgIpc) is 2.84. The van der Waals surface area contributed by atoms with Gasteiger partial charge in [-0.2, -0.15) is 0 Å². The van der Waals surface area contributed by atoms with E-state index in [1.165, 1.54) is 49.5 Å². The first kappa shape index (κ1) is 24.4. The van der Waals surface area contributed by atoms with E-state index in [4.69, 9.17) is 0 Å². The topological polar surface area (TPSA) is 131 Å². The van der Waals surface area contributed by atoms with Gasteiger partial charge in [-0.25, -0.2) is 14.0 Å². The third-order valence-corrected chi connectivity index (χ3v) is 5.12. The third kappa shape index (κ3) is 5.55. The van der Waals surface area contributed by atoms with Crippen LogP contribution in [0.25, 0.3) is 0 Å². The number of piperazine rings is 1. The number of nitrogens with one attached hydrogen (secondary N) is 2. The van der Waals surface area contributed by atoms with Gasteiger partial charge in [-0.05, 0) is 42.5 Å². The van der Waals surface area contributed by atoms with Crippen LogP contribution in [0.4, 0.5) is 10.1 Å². The second kappa shape index (κ2) is 10.6. The Hall–Kier alpha value is -4.28. The molecule has 1 heterocycles. The van der Waals surface area contributed by atoms with Crippen molar-refractivity contribution in [1.82, 2.24) is 10.2 Å². The number of nitrogens with zero attached hydrogens (tertiary/aromatic N) is 1. The number of hydrogen-bond donors (Lipinski definition) is 2. The molecule has 178 valence electrons. The molecule has 3 rings (SSSR count). The number of carbonyl (C=O) groups is 5. The standard InChI is InChI=1S/C23H22FN3O7/c1-33-22(31)14-9-15(23(32)34-2)11-17(10-14)26-19(28)12-18-20(29)25-7-8-27(18)21(30)13-3-5-16(24)6-4-13/h3-6,9-11,18H,7-8,12H2,1-2H3,(H,25,29)(H,26,28)/t18-/m0/s1. The summed E-state index contributed by atoms with van der Waals surface area (Å²) >= 11 is 0. The molecule has 0 bridgehead atoms. The van der Waals surface area contributed by atoms with Crippen LogP contribution in [0.5, 0.6) is 0 Å². The van der Waals surface area contributed by atoms with Crippen molar-refractivity contribution in [3.05, 3.63) is 65.0 Å². The molecule has 0 radical (unpaired) electrons. The summed E-state index contributed by atoms with van der Waals surface area (Å²) in [6, 6.07) is 7.61. The van der Waals surface area contributed by atoms with E-state index in [1.807, 2.05) is 0 Å². The number of benzene rings is 2. The van der Waals surface area contributed by atoms with Crippen LogP contribution in [-0.2, 0) is 19.1 Å². The molecule has 0 saturated carbocycles. The Bertz CT molecular complexity index is 1100. The minimum Gasteiger partial charge on any atom is -0.465 e. The molecule has 2 N–H and O–H groups in total. The summed E-state index contributed by atoms with van der Waals surface area (Å²) in [5, 5.41) is 5.15. The summed E-state index contributed by atoms with van der Waals surface area (Å²) in [6.07, 6.45) is -0.394. The highest BCUT2D eigenvalue weighted by molar-refractivity contribution is 6.02. The van der Waals surface area contributed by atoms with Gasteiger partial charge in [-0.1, -0.05) is 0 Å². The van der Waals surface area contributed by atoms with Crippen molar-refractivity contribution in [1.29, 1.82) is 0 Å². The molecular formula is C23H22FN3O7. The molecule has 1 aliphatic rings. The zero-order valence-corrected chi connectivity index (χ0v) is 18.4. The molecule has 1 aliphatic heterocycles. The molecule has 0 spiro atoms. The first-order valence-electron chi connectivity index (χ1n) is 10.2. The van der Waals surface area contributed by atoms with Crippen LogP contribution in [0.1, 0.15) is 37.5 Å². The van der Waals surface area contributed by atoms with E-state index < -0.39 is 47.9 Å². The van der Waals surface area contributed by atoms with Gasteiger partial charge in [-0.15, -0.1) is 0 Å². The summed E-state index contributed by atoms with van der Waals surface area (Å²) in [5.41, 5.74) is 0.282. The van der Waals surface area contributed by atoms with Crippen LogP contribution in [0, 0.1) is 5.82 Å².